The number of halogens is 4. The number of hydrogen-bond donors (Lipinski definition) is 2. The van der Waals surface area contributed by atoms with Crippen LogP contribution in [-0.4, -0.2) is 24.9 Å². The molecule has 9 nitrogen and oxygen atoms in total. The maximum absolute atomic E-state index is 12.8. The Kier molecular flexibility index (Phi) is 5.45. The number of benzene rings is 1. The topological polar surface area (TPSA) is 119 Å². The first-order valence-electron chi connectivity index (χ1n) is 8.84. The van der Waals surface area contributed by atoms with Gasteiger partial charge in [-0.05, 0) is 18.2 Å². The number of aromatic nitrogens is 4. The Bertz CT molecular complexity index is 1330. The van der Waals surface area contributed by atoms with Gasteiger partial charge < -0.3 is 10.6 Å². The molecule has 0 unspecified atom stereocenters. The lowest BCUT2D eigenvalue weighted by molar-refractivity contribution is -0.383. The van der Waals surface area contributed by atoms with Crippen molar-refractivity contribution < 1.29 is 18.1 Å². The van der Waals surface area contributed by atoms with Crippen molar-refractivity contribution in [1.82, 2.24) is 19.9 Å². The maximum atomic E-state index is 12.8. The fraction of sp³-hybridized carbons (Fsp3) is 0.0526. The summed E-state index contributed by atoms with van der Waals surface area (Å²) in [5.41, 5.74) is -0.597. The van der Waals surface area contributed by atoms with Gasteiger partial charge in [0.05, 0.1) is 26.7 Å². The molecule has 0 aliphatic carbocycles. The fourth-order valence-corrected chi connectivity index (χ4v) is 3.08. The predicted octanol–water partition coefficient (Wildman–Crippen LogP) is 5.49. The van der Waals surface area contributed by atoms with Crippen LogP contribution in [0.3, 0.4) is 0 Å². The lowest BCUT2D eigenvalue weighted by Crippen LogP contribution is -2.08. The molecule has 0 saturated carbocycles. The Hall–Kier alpha value is -4.06. The molecule has 3 heterocycles. The molecule has 0 spiro atoms. The summed E-state index contributed by atoms with van der Waals surface area (Å²) in [5.74, 6) is -0.706. The molecule has 2 N–H and O–H groups in total. The molecule has 0 bridgehead atoms. The first-order valence-corrected chi connectivity index (χ1v) is 9.22. The van der Waals surface area contributed by atoms with Crippen molar-refractivity contribution >= 4 is 51.3 Å². The van der Waals surface area contributed by atoms with Crippen LogP contribution in [0.4, 0.5) is 42.0 Å². The Morgan fingerprint density at radius 1 is 0.969 bits per heavy atom. The minimum absolute atomic E-state index is 0.159. The number of fused-ring (bicyclic) bond motifs is 1. The largest absolute Gasteiger partial charge is 0.417 e. The van der Waals surface area contributed by atoms with Crippen molar-refractivity contribution in [2.75, 3.05) is 10.6 Å². The molecule has 4 aromatic rings. The molecule has 32 heavy (non-hydrogen) atoms. The van der Waals surface area contributed by atoms with Crippen LogP contribution >= 0.6 is 11.6 Å². The van der Waals surface area contributed by atoms with Crippen LogP contribution in [0.2, 0.25) is 5.02 Å². The number of nitro groups is 1. The van der Waals surface area contributed by atoms with Crippen LogP contribution in [0, 0.1) is 10.1 Å². The third-order valence-electron chi connectivity index (χ3n) is 4.30. The second-order valence-corrected chi connectivity index (χ2v) is 6.77. The average Bonchev–Trinajstić information content (AvgIpc) is 2.74. The van der Waals surface area contributed by atoms with Crippen molar-refractivity contribution in [3.63, 3.8) is 0 Å². The molecule has 0 saturated heterocycles. The summed E-state index contributed by atoms with van der Waals surface area (Å²) in [6.07, 6.45) is -1.46. The van der Waals surface area contributed by atoms with E-state index in [0.717, 1.165) is 11.7 Å². The molecule has 4 rings (SSSR count). The SMILES string of the molecule is O=[N+]([O-])c1c(Nc2ncc(C(F)(F)F)cc2Cl)ncnc1Nc1cccc2cccnc12. The lowest BCUT2D eigenvalue weighted by Gasteiger charge is -2.12. The van der Waals surface area contributed by atoms with E-state index in [1.807, 2.05) is 12.1 Å². The number of nitrogens with one attached hydrogen (secondary N) is 2. The second kappa shape index (κ2) is 8.23. The number of anilines is 4. The number of pyridine rings is 2. The number of para-hydroxylation sites is 1. The second-order valence-electron chi connectivity index (χ2n) is 6.36. The highest BCUT2D eigenvalue weighted by molar-refractivity contribution is 6.33. The summed E-state index contributed by atoms with van der Waals surface area (Å²) in [6, 6.07) is 9.47. The normalized spacial score (nSPS) is 11.4. The highest BCUT2D eigenvalue weighted by Gasteiger charge is 2.32. The third-order valence-corrected chi connectivity index (χ3v) is 4.58. The summed E-state index contributed by atoms with van der Waals surface area (Å²) >= 11 is 5.89. The van der Waals surface area contributed by atoms with Gasteiger partial charge in [-0.1, -0.05) is 29.8 Å². The van der Waals surface area contributed by atoms with Crippen molar-refractivity contribution in [2.45, 2.75) is 6.18 Å². The van der Waals surface area contributed by atoms with Crippen molar-refractivity contribution in [3.05, 3.63) is 75.8 Å². The Balaban J connectivity index is 1.72. The van der Waals surface area contributed by atoms with Gasteiger partial charge in [-0.2, -0.15) is 13.2 Å². The number of alkyl halides is 3. The van der Waals surface area contributed by atoms with Gasteiger partial charge in [0.1, 0.15) is 6.33 Å². The maximum Gasteiger partial charge on any atom is 0.417 e. The van der Waals surface area contributed by atoms with E-state index in [1.165, 1.54) is 0 Å². The van der Waals surface area contributed by atoms with Crippen molar-refractivity contribution in [2.24, 2.45) is 0 Å². The minimum Gasteiger partial charge on any atom is -0.332 e. The van der Waals surface area contributed by atoms with Crippen LogP contribution in [0.5, 0.6) is 0 Å². The smallest absolute Gasteiger partial charge is 0.332 e. The van der Waals surface area contributed by atoms with E-state index in [2.05, 4.69) is 30.6 Å². The van der Waals surface area contributed by atoms with Gasteiger partial charge in [0.25, 0.3) is 0 Å². The molecule has 0 aliphatic heterocycles. The van der Waals surface area contributed by atoms with Gasteiger partial charge in [0.15, 0.2) is 5.82 Å². The van der Waals surface area contributed by atoms with E-state index >= 15 is 0 Å². The van der Waals surface area contributed by atoms with Gasteiger partial charge in [-0.15, -0.1) is 0 Å². The molecule has 1 aromatic carbocycles. The first-order chi connectivity index (χ1) is 15.2. The lowest BCUT2D eigenvalue weighted by atomic mass is 10.2. The molecule has 3 aromatic heterocycles. The van der Waals surface area contributed by atoms with Crippen LogP contribution in [-0.2, 0) is 6.18 Å². The molecular weight excluding hydrogens is 451 g/mol. The Morgan fingerprint density at radius 3 is 2.38 bits per heavy atom. The molecule has 0 radical (unpaired) electrons. The van der Waals surface area contributed by atoms with E-state index in [0.29, 0.717) is 23.5 Å². The highest BCUT2D eigenvalue weighted by atomic mass is 35.5. The van der Waals surface area contributed by atoms with Crippen LogP contribution in [0.15, 0.2) is 55.1 Å². The number of nitrogens with zero attached hydrogens (tertiary/aromatic N) is 5. The van der Waals surface area contributed by atoms with E-state index in [-0.39, 0.29) is 22.5 Å². The quantitative estimate of drug-likeness (QED) is 0.296. The van der Waals surface area contributed by atoms with E-state index in [1.54, 1.807) is 24.4 Å². The minimum atomic E-state index is -4.64. The predicted molar refractivity (Wildman–Crippen MR) is 111 cm³/mol. The van der Waals surface area contributed by atoms with Crippen molar-refractivity contribution in [1.29, 1.82) is 0 Å². The van der Waals surface area contributed by atoms with Gasteiger partial charge in [0.2, 0.25) is 11.6 Å². The third kappa shape index (κ3) is 4.21. The highest BCUT2D eigenvalue weighted by Crippen LogP contribution is 2.37. The van der Waals surface area contributed by atoms with Crippen LogP contribution in [0.1, 0.15) is 5.56 Å². The van der Waals surface area contributed by atoms with Crippen LogP contribution < -0.4 is 10.6 Å². The number of rotatable bonds is 5. The fourth-order valence-electron chi connectivity index (χ4n) is 2.86. The zero-order valence-electron chi connectivity index (χ0n) is 15.8. The summed E-state index contributed by atoms with van der Waals surface area (Å²) in [6.45, 7) is 0. The molecule has 0 aliphatic rings. The standard InChI is InChI=1S/C19H11ClF3N7O2/c20-12-7-11(19(21,22)23)8-25-16(12)29-18-15(30(31)32)17(26-9-27-18)28-13-5-1-3-10-4-2-6-24-14(10)13/h1-9H,(H2,25,26,27,28,29). The molecule has 0 amide bonds. The van der Waals surface area contributed by atoms with Crippen LogP contribution in [0.25, 0.3) is 10.9 Å². The molecule has 13 heteroatoms. The molecule has 162 valence electrons. The summed E-state index contributed by atoms with van der Waals surface area (Å²) in [7, 11) is 0. The summed E-state index contributed by atoms with van der Waals surface area (Å²) < 4.78 is 38.5. The van der Waals surface area contributed by atoms with E-state index in [4.69, 9.17) is 11.6 Å². The van der Waals surface area contributed by atoms with Gasteiger partial charge >= 0.3 is 11.9 Å². The Morgan fingerprint density at radius 2 is 1.69 bits per heavy atom. The molecular formula is C19H11ClF3N7O2. The number of hydrogen-bond acceptors (Lipinski definition) is 8. The summed E-state index contributed by atoms with van der Waals surface area (Å²) in [4.78, 5) is 26.7. The molecule has 0 fully saturated rings. The van der Waals surface area contributed by atoms with Gasteiger partial charge in [-0.25, -0.2) is 15.0 Å². The molecule has 0 atom stereocenters. The van der Waals surface area contributed by atoms with Gasteiger partial charge in [0, 0.05) is 17.8 Å². The van der Waals surface area contributed by atoms with E-state index in [9.17, 15) is 23.3 Å². The Labute approximate surface area is 182 Å². The zero-order valence-corrected chi connectivity index (χ0v) is 16.5. The summed E-state index contributed by atoms with van der Waals surface area (Å²) in [5, 5.41) is 17.6. The van der Waals surface area contributed by atoms with Gasteiger partial charge in [-0.3, -0.25) is 15.1 Å². The van der Waals surface area contributed by atoms with E-state index < -0.39 is 22.4 Å². The van der Waals surface area contributed by atoms with Crippen molar-refractivity contribution in [3.8, 4) is 0 Å². The first kappa shape index (κ1) is 21.2. The monoisotopic (exact) mass is 461 g/mol. The zero-order chi connectivity index (χ0) is 22.9. The average molecular weight is 462 g/mol.